The van der Waals surface area contributed by atoms with E-state index in [0.29, 0.717) is 11.8 Å². The second kappa shape index (κ2) is 5.49. The van der Waals surface area contributed by atoms with E-state index in [2.05, 4.69) is 34.9 Å². The average molecular weight is 344 g/mol. The lowest BCUT2D eigenvalue weighted by Gasteiger charge is -1.98. The van der Waals surface area contributed by atoms with Gasteiger partial charge in [-0.05, 0) is 20.3 Å². The summed E-state index contributed by atoms with van der Waals surface area (Å²) >= 11 is 0. The normalized spacial score (nSPS) is 19.2. The first-order valence-corrected chi connectivity index (χ1v) is 8.89. The number of imidazole rings is 1. The smallest absolute Gasteiger partial charge is 0.177 e. The van der Waals surface area contributed by atoms with Crippen LogP contribution in [0, 0.1) is 13.8 Å². The van der Waals surface area contributed by atoms with Gasteiger partial charge in [-0.15, -0.1) is 0 Å². The van der Waals surface area contributed by atoms with E-state index < -0.39 is 0 Å². The number of hydrogen-bond acceptors (Lipinski definition) is 4. The van der Waals surface area contributed by atoms with Crippen LogP contribution >= 0.6 is 0 Å². The molecule has 0 bridgehead atoms. The molecule has 6 nitrogen and oxygen atoms in total. The highest BCUT2D eigenvalue weighted by Crippen LogP contribution is 2.53. The molecule has 1 fully saturated rings. The van der Waals surface area contributed by atoms with Crippen molar-refractivity contribution in [2.75, 3.05) is 0 Å². The van der Waals surface area contributed by atoms with Gasteiger partial charge >= 0.3 is 0 Å². The van der Waals surface area contributed by atoms with E-state index in [9.17, 15) is 0 Å². The Bertz CT molecular complexity index is 1070. The Morgan fingerprint density at radius 2 is 1.85 bits per heavy atom. The average Bonchev–Trinajstić information content (AvgIpc) is 3.13. The van der Waals surface area contributed by atoms with Gasteiger partial charge in [0.05, 0.1) is 17.1 Å². The van der Waals surface area contributed by atoms with Gasteiger partial charge in [0.1, 0.15) is 5.82 Å². The summed E-state index contributed by atoms with van der Waals surface area (Å²) < 4.78 is 4.04. The molecular formula is C20H20N6. The molecule has 0 radical (unpaired) electrons. The molecule has 3 heterocycles. The highest BCUT2D eigenvalue weighted by Gasteiger charge is 2.45. The first kappa shape index (κ1) is 15.3. The van der Waals surface area contributed by atoms with Gasteiger partial charge in [-0.3, -0.25) is 4.98 Å². The Labute approximate surface area is 151 Å². The minimum absolute atomic E-state index is 0.332. The van der Waals surface area contributed by atoms with Crippen LogP contribution in [0.1, 0.15) is 41.3 Å². The maximum atomic E-state index is 4.90. The third-order valence-electron chi connectivity index (χ3n) is 5.16. The predicted octanol–water partition coefficient (Wildman–Crippen LogP) is 3.41. The molecule has 0 unspecified atom stereocenters. The summed E-state index contributed by atoms with van der Waals surface area (Å²) in [6.45, 7) is 3.98. The van der Waals surface area contributed by atoms with Gasteiger partial charge in [-0.1, -0.05) is 30.3 Å². The summed E-state index contributed by atoms with van der Waals surface area (Å²) in [6, 6.07) is 10.3. The van der Waals surface area contributed by atoms with Crippen LogP contribution in [0.15, 0.2) is 42.7 Å². The standard InChI is InChI=1S/C20H20N6/c1-12-10-21-13(2)19-23-18(24-26(12)19)15-9-16(15)20-22-17(11-25(20)3)14-7-5-4-6-8-14/h4-8,10-11,15-16H,9H2,1-3H3/t15-,16-/m0/s1. The van der Waals surface area contributed by atoms with Crippen LogP contribution in [-0.4, -0.2) is 29.1 Å². The second-order valence-corrected chi connectivity index (χ2v) is 7.10. The zero-order chi connectivity index (χ0) is 17.8. The summed E-state index contributed by atoms with van der Waals surface area (Å²) in [7, 11) is 2.07. The third-order valence-corrected chi connectivity index (χ3v) is 5.16. The number of benzene rings is 1. The Hall–Kier alpha value is -3.02. The van der Waals surface area contributed by atoms with E-state index in [1.807, 2.05) is 42.8 Å². The predicted molar refractivity (Wildman–Crippen MR) is 99.0 cm³/mol. The van der Waals surface area contributed by atoms with E-state index in [1.165, 1.54) is 0 Å². The highest BCUT2D eigenvalue weighted by atomic mass is 15.3. The summed E-state index contributed by atoms with van der Waals surface area (Å²) in [5.41, 5.74) is 4.94. The zero-order valence-corrected chi connectivity index (χ0v) is 15.1. The molecule has 0 saturated heterocycles. The molecule has 26 heavy (non-hydrogen) atoms. The van der Waals surface area contributed by atoms with Gasteiger partial charge in [0.15, 0.2) is 11.5 Å². The minimum Gasteiger partial charge on any atom is -0.337 e. The van der Waals surface area contributed by atoms with Crippen molar-refractivity contribution in [3.63, 3.8) is 0 Å². The van der Waals surface area contributed by atoms with Crippen LogP contribution < -0.4 is 0 Å². The van der Waals surface area contributed by atoms with Crippen LogP contribution in [0.2, 0.25) is 0 Å². The van der Waals surface area contributed by atoms with Gasteiger partial charge < -0.3 is 4.57 Å². The number of fused-ring (bicyclic) bond motifs is 1. The largest absolute Gasteiger partial charge is 0.337 e. The summed E-state index contributed by atoms with van der Waals surface area (Å²) in [5.74, 6) is 2.72. The van der Waals surface area contributed by atoms with Gasteiger partial charge in [0.2, 0.25) is 0 Å². The van der Waals surface area contributed by atoms with Crippen LogP contribution in [-0.2, 0) is 7.05 Å². The molecule has 1 aliphatic rings. The topological polar surface area (TPSA) is 60.9 Å². The number of aryl methyl sites for hydroxylation is 3. The van der Waals surface area contributed by atoms with Crippen molar-refractivity contribution in [3.05, 3.63) is 65.8 Å². The first-order valence-electron chi connectivity index (χ1n) is 8.89. The molecule has 2 atom stereocenters. The molecule has 0 N–H and O–H groups in total. The van der Waals surface area contributed by atoms with E-state index in [4.69, 9.17) is 15.1 Å². The summed E-state index contributed by atoms with van der Waals surface area (Å²) in [6.07, 6.45) is 4.99. The van der Waals surface area contributed by atoms with Gasteiger partial charge in [-0.2, -0.15) is 5.10 Å². The Morgan fingerprint density at radius 3 is 2.62 bits per heavy atom. The van der Waals surface area contributed by atoms with Crippen molar-refractivity contribution in [2.45, 2.75) is 32.1 Å². The van der Waals surface area contributed by atoms with Crippen molar-refractivity contribution in [1.29, 1.82) is 0 Å². The van der Waals surface area contributed by atoms with Crippen LogP contribution in [0.4, 0.5) is 0 Å². The zero-order valence-electron chi connectivity index (χ0n) is 15.1. The molecule has 0 amide bonds. The molecule has 6 heteroatoms. The molecule has 3 aromatic heterocycles. The van der Waals surface area contributed by atoms with Crippen molar-refractivity contribution >= 4 is 5.65 Å². The summed E-state index contributed by atoms with van der Waals surface area (Å²) in [4.78, 5) is 14.0. The third kappa shape index (κ3) is 2.33. The SMILES string of the molecule is Cc1ncc(C)n2nc([C@H]3C[C@@H]3c3nc(-c4ccccc4)cn3C)nc12. The van der Waals surface area contributed by atoms with Crippen molar-refractivity contribution in [1.82, 2.24) is 29.1 Å². The van der Waals surface area contributed by atoms with E-state index >= 15 is 0 Å². The number of aromatic nitrogens is 6. The maximum Gasteiger partial charge on any atom is 0.177 e. The lowest BCUT2D eigenvalue weighted by Crippen LogP contribution is -1.98. The van der Waals surface area contributed by atoms with Gasteiger partial charge in [0, 0.05) is 36.8 Å². The molecule has 1 aliphatic carbocycles. The number of rotatable bonds is 3. The molecule has 130 valence electrons. The van der Waals surface area contributed by atoms with Crippen molar-refractivity contribution in [2.24, 2.45) is 7.05 Å². The second-order valence-electron chi connectivity index (χ2n) is 7.10. The van der Waals surface area contributed by atoms with Gasteiger partial charge in [-0.25, -0.2) is 14.5 Å². The Balaban J connectivity index is 1.47. The maximum absolute atomic E-state index is 4.90. The van der Waals surface area contributed by atoms with E-state index in [-0.39, 0.29) is 0 Å². The van der Waals surface area contributed by atoms with Crippen LogP contribution in [0.3, 0.4) is 0 Å². The number of nitrogens with zero attached hydrogens (tertiary/aromatic N) is 6. The molecule has 1 saturated carbocycles. The lowest BCUT2D eigenvalue weighted by molar-refractivity contribution is 0.768. The molecule has 1 aromatic carbocycles. The van der Waals surface area contributed by atoms with Crippen molar-refractivity contribution < 1.29 is 0 Å². The fourth-order valence-electron chi connectivity index (χ4n) is 3.61. The quantitative estimate of drug-likeness (QED) is 0.571. The molecule has 5 rings (SSSR count). The number of hydrogen-bond donors (Lipinski definition) is 0. The first-order chi connectivity index (χ1) is 12.6. The fourth-order valence-corrected chi connectivity index (χ4v) is 3.61. The monoisotopic (exact) mass is 344 g/mol. The van der Waals surface area contributed by atoms with Crippen LogP contribution in [0.5, 0.6) is 0 Å². The highest BCUT2D eigenvalue weighted by molar-refractivity contribution is 5.58. The van der Waals surface area contributed by atoms with E-state index in [0.717, 1.165) is 46.4 Å². The minimum atomic E-state index is 0.332. The molecule has 0 spiro atoms. The summed E-state index contributed by atoms with van der Waals surface area (Å²) in [5, 5.41) is 4.73. The van der Waals surface area contributed by atoms with E-state index in [1.54, 1.807) is 0 Å². The molecule has 4 aromatic rings. The molecule has 0 aliphatic heterocycles. The fraction of sp³-hybridized carbons (Fsp3) is 0.300. The van der Waals surface area contributed by atoms with Crippen molar-refractivity contribution in [3.8, 4) is 11.3 Å². The lowest BCUT2D eigenvalue weighted by atomic mass is 10.2. The Kier molecular flexibility index (Phi) is 3.22. The van der Waals surface area contributed by atoms with Gasteiger partial charge in [0.25, 0.3) is 0 Å². The Morgan fingerprint density at radius 1 is 1.04 bits per heavy atom. The van der Waals surface area contributed by atoms with Crippen LogP contribution in [0.25, 0.3) is 16.9 Å². The molecular weight excluding hydrogens is 324 g/mol.